The van der Waals surface area contributed by atoms with Gasteiger partial charge in [-0.2, -0.15) is 8.78 Å². The van der Waals surface area contributed by atoms with E-state index in [0.717, 1.165) is 0 Å². The normalized spacial score (nSPS) is 17.9. The van der Waals surface area contributed by atoms with Gasteiger partial charge in [0.2, 0.25) is 0 Å². The lowest BCUT2D eigenvalue weighted by Gasteiger charge is -2.38. The van der Waals surface area contributed by atoms with E-state index >= 15 is 0 Å². The lowest BCUT2D eigenvalue weighted by molar-refractivity contribution is -0.0529. The van der Waals surface area contributed by atoms with E-state index < -0.39 is 12.2 Å². The number of aryl methyl sites for hydroxylation is 1. The van der Waals surface area contributed by atoms with Crippen LogP contribution >= 0.6 is 0 Å². The van der Waals surface area contributed by atoms with Crippen LogP contribution in [0, 0.1) is 6.92 Å². The highest BCUT2D eigenvalue weighted by Gasteiger charge is 2.35. The Kier molecular flexibility index (Phi) is 3.31. The van der Waals surface area contributed by atoms with E-state index in [2.05, 4.69) is 10.1 Å². The van der Waals surface area contributed by atoms with Crippen molar-refractivity contribution in [3.8, 4) is 5.75 Å². The van der Waals surface area contributed by atoms with Crippen molar-refractivity contribution in [3.63, 3.8) is 0 Å². The number of rotatable bonds is 4. The van der Waals surface area contributed by atoms with Gasteiger partial charge >= 0.3 is 6.61 Å². The topological polar surface area (TPSA) is 41.5 Å². The second-order valence-electron chi connectivity index (χ2n) is 4.45. The first-order valence-corrected chi connectivity index (χ1v) is 5.47. The number of hydrogen-bond donors (Lipinski definition) is 2. The van der Waals surface area contributed by atoms with Gasteiger partial charge in [-0.25, -0.2) is 0 Å². The van der Waals surface area contributed by atoms with Crippen molar-refractivity contribution in [2.24, 2.45) is 0 Å². The van der Waals surface area contributed by atoms with Crippen LogP contribution in [-0.4, -0.2) is 30.4 Å². The lowest BCUT2D eigenvalue weighted by Crippen LogP contribution is -2.60. The third-order valence-electron chi connectivity index (χ3n) is 2.93. The highest BCUT2D eigenvalue weighted by Crippen LogP contribution is 2.29. The molecule has 5 heteroatoms. The Morgan fingerprint density at radius 2 is 2.18 bits per heavy atom. The highest BCUT2D eigenvalue weighted by molar-refractivity contribution is 5.42. The largest absolute Gasteiger partial charge is 0.434 e. The molecule has 0 radical (unpaired) electrons. The molecule has 0 unspecified atom stereocenters. The van der Waals surface area contributed by atoms with Crippen molar-refractivity contribution in [2.45, 2.75) is 25.6 Å². The van der Waals surface area contributed by atoms with Crippen LogP contribution in [0.3, 0.4) is 0 Å². The van der Waals surface area contributed by atoms with E-state index in [1.54, 1.807) is 25.1 Å². The van der Waals surface area contributed by atoms with Gasteiger partial charge in [0.05, 0.1) is 5.60 Å². The molecule has 0 aliphatic carbocycles. The molecule has 0 saturated carbocycles. The maximum absolute atomic E-state index is 12.3. The maximum atomic E-state index is 12.3. The molecule has 1 heterocycles. The van der Waals surface area contributed by atoms with Gasteiger partial charge in [-0.1, -0.05) is 18.2 Å². The van der Waals surface area contributed by atoms with Crippen LogP contribution in [0.2, 0.25) is 0 Å². The number of hydrogen-bond acceptors (Lipinski definition) is 3. The quantitative estimate of drug-likeness (QED) is 0.841. The minimum Gasteiger partial charge on any atom is -0.434 e. The first kappa shape index (κ1) is 12.3. The first-order chi connectivity index (χ1) is 8.00. The lowest BCUT2D eigenvalue weighted by atomic mass is 9.88. The summed E-state index contributed by atoms with van der Waals surface area (Å²) in [5.74, 6) is 0.183. The van der Waals surface area contributed by atoms with Crippen LogP contribution in [0.25, 0.3) is 0 Å². The number of halogens is 2. The molecule has 0 atom stereocenters. The maximum Gasteiger partial charge on any atom is 0.387 e. The van der Waals surface area contributed by atoms with Crippen LogP contribution in [-0.2, 0) is 6.42 Å². The zero-order valence-corrected chi connectivity index (χ0v) is 9.54. The summed E-state index contributed by atoms with van der Waals surface area (Å²) >= 11 is 0. The number of aliphatic hydroxyl groups is 1. The molecule has 0 bridgehead atoms. The molecular formula is C12H15F2NO2. The van der Waals surface area contributed by atoms with Crippen LogP contribution in [0.5, 0.6) is 5.75 Å². The summed E-state index contributed by atoms with van der Waals surface area (Å²) in [6.45, 7) is -0.169. The monoisotopic (exact) mass is 243 g/mol. The fourth-order valence-electron chi connectivity index (χ4n) is 2.00. The van der Waals surface area contributed by atoms with Gasteiger partial charge in [-0.3, -0.25) is 0 Å². The molecule has 94 valence electrons. The second-order valence-corrected chi connectivity index (χ2v) is 4.45. The molecule has 1 aliphatic rings. The fourth-order valence-corrected chi connectivity index (χ4v) is 2.00. The van der Waals surface area contributed by atoms with Crippen molar-refractivity contribution in [1.82, 2.24) is 5.32 Å². The van der Waals surface area contributed by atoms with E-state index in [4.69, 9.17) is 0 Å². The molecule has 0 aromatic heterocycles. The molecule has 1 aromatic rings. The molecule has 1 aromatic carbocycles. The summed E-state index contributed by atoms with van der Waals surface area (Å²) in [6.07, 6.45) is 0.323. The van der Waals surface area contributed by atoms with Crippen LogP contribution in [0.4, 0.5) is 8.78 Å². The fraction of sp³-hybridized carbons (Fsp3) is 0.500. The number of para-hydroxylation sites is 1. The summed E-state index contributed by atoms with van der Waals surface area (Å²) in [5, 5.41) is 13.0. The van der Waals surface area contributed by atoms with Crippen molar-refractivity contribution in [2.75, 3.05) is 13.1 Å². The number of β-amino-alcohol motifs (C(OH)–C–C–N with tert-alkyl or cyclic N) is 1. The summed E-state index contributed by atoms with van der Waals surface area (Å²) < 4.78 is 29.2. The van der Waals surface area contributed by atoms with Crippen LogP contribution in [0.1, 0.15) is 11.1 Å². The van der Waals surface area contributed by atoms with Crippen molar-refractivity contribution >= 4 is 0 Å². The van der Waals surface area contributed by atoms with E-state index in [-0.39, 0.29) is 5.75 Å². The Labute approximate surface area is 98.4 Å². The Bertz CT molecular complexity index is 405. The minimum atomic E-state index is -2.84. The predicted molar refractivity (Wildman–Crippen MR) is 59.3 cm³/mol. The van der Waals surface area contributed by atoms with Crippen molar-refractivity contribution < 1.29 is 18.6 Å². The molecule has 2 N–H and O–H groups in total. The van der Waals surface area contributed by atoms with Gasteiger partial charge in [-0.15, -0.1) is 0 Å². The van der Waals surface area contributed by atoms with Gasteiger partial charge in [0.25, 0.3) is 0 Å². The predicted octanol–water partition coefficient (Wildman–Crippen LogP) is 1.47. The Balaban J connectivity index is 2.22. The molecule has 3 nitrogen and oxygen atoms in total. The average Bonchev–Trinajstić information content (AvgIpc) is 2.20. The van der Waals surface area contributed by atoms with Gasteiger partial charge in [-0.05, 0) is 18.1 Å². The van der Waals surface area contributed by atoms with Crippen molar-refractivity contribution in [1.29, 1.82) is 0 Å². The summed E-state index contributed by atoms with van der Waals surface area (Å²) in [7, 11) is 0. The average molecular weight is 243 g/mol. The highest BCUT2D eigenvalue weighted by atomic mass is 19.3. The molecule has 0 amide bonds. The number of nitrogens with one attached hydrogen (secondary N) is 1. The van der Waals surface area contributed by atoms with Gasteiger partial charge in [0.15, 0.2) is 0 Å². The first-order valence-electron chi connectivity index (χ1n) is 5.47. The number of benzene rings is 1. The van der Waals surface area contributed by atoms with E-state index in [9.17, 15) is 13.9 Å². The van der Waals surface area contributed by atoms with Gasteiger partial charge in [0, 0.05) is 19.5 Å². The molecule has 2 rings (SSSR count). The molecule has 0 spiro atoms. The summed E-state index contributed by atoms with van der Waals surface area (Å²) in [6, 6.07) is 5.20. The Hall–Kier alpha value is -1.20. The smallest absolute Gasteiger partial charge is 0.387 e. The third-order valence-corrected chi connectivity index (χ3v) is 2.93. The van der Waals surface area contributed by atoms with E-state index in [1.165, 1.54) is 0 Å². The second kappa shape index (κ2) is 4.58. The van der Waals surface area contributed by atoms with Crippen LogP contribution in [0.15, 0.2) is 18.2 Å². The van der Waals surface area contributed by atoms with Crippen LogP contribution < -0.4 is 10.1 Å². The molecule has 17 heavy (non-hydrogen) atoms. The van der Waals surface area contributed by atoms with E-state index in [0.29, 0.717) is 30.6 Å². The third kappa shape index (κ3) is 2.73. The Morgan fingerprint density at radius 1 is 1.47 bits per heavy atom. The molecule has 1 aliphatic heterocycles. The molecule has 1 fully saturated rings. The number of alkyl halides is 2. The van der Waals surface area contributed by atoms with Crippen molar-refractivity contribution in [3.05, 3.63) is 29.3 Å². The number of ether oxygens (including phenoxy) is 1. The zero-order chi connectivity index (χ0) is 12.5. The molecular weight excluding hydrogens is 228 g/mol. The Morgan fingerprint density at radius 3 is 2.71 bits per heavy atom. The summed E-state index contributed by atoms with van der Waals surface area (Å²) in [4.78, 5) is 0. The van der Waals surface area contributed by atoms with Gasteiger partial charge < -0.3 is 15.2 Å². The van der Waals surface area contributed by atoms with E-state index in [1.807, 2.05) is 0 Å². The zero-order valence-electron chi connectivity index (χ0n) is 9.54. The molecule has 1 saturated heterocycles. The summed E-state index contributed by atoms with van der Waals surface area (Å²) in [5.41, 5.74) is 0.432. The standard InChI is InChI=1S/C12H15F2NO2/c1-8-3-2-4-9(10(8)17-11(13)14)5-12(16)6-15-7-12/h2-4,11,15-16H,5-7H2,1H3. The minimum absolute atomic E-state index is 0.183. The van der Waals surface area contributed by atoms with Gasteiger partial charge in [0.1, 0.15) is 5.75 Å². The SMILES string of the molecule is Cc1cccc(CC2(O)CNC2)c1OC(F)F.